The first-order valence-corrected chi connectivity index (χ1v) is 6.06. The van der Waals surface area contributed by atoms with E-state index in [-0.39, 0.29) is 18.0 Å². The van der Waals surface area contributed by atoms with Gasteiger partial charge in [0.25, 0.3) is 5.91 Å². The van der Waals surface area contributed by atoms with Crippen molar-refractivity contribution in [2.45, 2.75) is 25.9 Å². The van der Waals surface area contributed by atoms with E-state index in [1.807, 2.05) is 49.2 Å². The number of hydrazine groups is 2. The lowest BCUT2D eigenvalue weighted by atomic mass is 9.98. The van der Waals surface area contributed by atoms with Crippen LogP contribution in [0.2, 0.25) is 0 Å². The molecule has 3 N–H and O–H groups in total. The lowest BCUT2D eigenvalue weighted by Crippen LogP contribution is -2.59. The van der Waals surface area contributed by atoms with Crippen molar-refractivity contribution < 1.29 is 4.79 Å². The summed E-state index contributed by atoms with van der Waals surface area (Å²) >= 11 is 0. The monoisotopic (exact) mass is 244 g/mol. The number of anilines is 1. The van der Waals surface area contributed by atoms with E-state index in [1.54, 1.807) is 0 Å². The van der Waals surface area contributed by atoms with Crippen LogP contribution in [-0.2, 0) is 4.79 Å². The van der Waals surface area contributed by atoms with E-state index in [1.165, 1.54) is 0 Å². The molecular formula is C13H16N4O. The maximum atomic E-state index is 11.8. The summed E-state index contributed by atoms with van der Waals surface area (Å²) in [4.78, 5) is 11.8. The van der Waals surface area contributed by atoms with Crippen LogP contribution in [0.4, 0.5) is 5.69 Å². The van der Waals surface area contributed by atoms with Gasteiger partial charge < -0.3 is 0 Å². The number of allylic oxidation sites excluding steroid dienone is 1. The van der Waals surface area contributed by atoms with Gasteiger partial charge in [-0.2, -0.15) is 0 Å². The largest absolute Gasteiger partial charge is 0.289 e. The van der Waals surface area contributed by atoms with Gasteiger partial charge in [-0.25, -0.2) is 10.9 Å². The SMILES string of the molecule is CC1=C2C(C)NNC(=O)C2NN1c1ccccc1. The molecular weight excluding hydrogens is 228 g/mol. The van der Waals surface area contributed by atoms with Crippen LogP contribution in [0.15, 0.2) is 41.6 Å². The number of nitrogens with one attached hydrogen (secondary N) is 3. The van der Waals surface area contributed by atoms with Crippen LogP contribution in [0.25, 0.3) is 0 Å². The van der Waals surface area contributed by atoms with Crippen LogP contribution in [0.1, 0.15) is 13.8 Å². The van der Waals surface area contributed by atoms with Gasteiger partial charge in [0.05, 0.1) is 5.69 Å². The van der Waals surface area contributed by atoms with Gasteiger partial charge >= 0.3 is 0 Å². The van der Waals surface area contributed by atoms with Gasteiger partial charge in [-0.1, -0.05) is 18.2 Å². The number of hydrogen-bond donors (Lipinski definition) is 3. The van der Waals surface area contributed by atoms with Crippen molar-refractivity contribution in [3.05, 3.63) is 41.6 Å². The van der Waals surface area contributed by atoms with Crippen LogP contribution in [-0.4, -0.2) is 18.0 Å². The molecule has 2 unspecified atom stereocenters. The minimum absolute atomic E-state index is 0.0409. The van der Waals surface area contributed by atoms with Crippen LogP contribution in [0.3, 0.4) is 0 Å². The number of hydrogen-bond acceptors (Lipinski definition) is 4. The highest BCUT2D eigenvalue weighted by Crippen LogP contribution is 2.29. The topological polar surface area (TPSA) is 56.4 Å². The van der Waals surface area contributed by atoms with E-state index >= 15 is 0 Å². The van der Waals surface area contributed by atoms with E-state index in [4.69, 9.17) is 0 Å². The molecule has 5 heteroatoms. The molecule has 1 aromatic rings. The van der Waals surface area contributed by atoms with Gasteiger partial charge in [0.2, 0.25) is 0 Å². The predicted molar refractivity (Wildman–Crippen MR) is 69.3 cm³/mol. The molecule has 2 heterocycles. The fourth-order valence-corrected chi connectivity index (χ4v) is 2.57. The molecule has 0 spiro atoms. The fourth-order valence-electron chi connectivity index (χ4n) is 2.57. The minimum atomic E-state index is -0.276. The summed E-state index contributed by atoms with van der Waals surface area (Å²) in [6.45, 7) is 4.08. The number of fused-ring (bicyclic) bond motifs is 1. The Bertz CT molecular complexity index is 511. The van der Waals surface area contributed by atoms with Gasteiger partial charge in [-0.3, -0.25) is 15.2 Å². The van der Waals surface area contributed by atoms with Crippen LogP contribution < -0.4 is 21.3 Å². The Morgan fingerprint density at radius 3 is 2.61 bits per heavy atom. The number of amides is 1. The number of nitrogens with zero attached hydrogens (tertiary/aromatic N) is 1. The molecule has 2 atom stereocenters. The van der Waals surface area contributed by atoms with E-state index in [0.29, 0.717) is 0 Å². The molecule has 1 fully saturated rings. The smallest absolute Gasteiger partial charge is 0.257 e. The first kappa shape index (κ1) is 11.3. The Balaban J connectivity index is 2.00. The molecule has 94 valence electrons. The lowest BCUT2D eigenvalue weighted by molar-refractivity contribution is -0.124. The Kier molecular flexibility index (Phi) is 2.57. The zero-order chi connectivity index (χ0) is 12.7. The number of rotatable bonds is 1. The summed E-state index contributed by atoms with van der Waals surface area (Å²) < 4.78 is 0. The molecule has 0 radical (unpaired) electrons. The van der Waals surface area contributed by atoms with E-state index in [9.17, 15) is 4.79 Å². The van der Waals surface area contributed by atoms with Crippen molar-refractivity contribution in [3.8, 4) is 0 Å². The summed E-state index contributed by atoms with van der Waals surface area (Å²) in [6, 6.07) is 9.84. The van der Waals surface area contributed by atoms with E-state index in [0.717, 1.165) is 17.0 Å². The van der Waals surface area contributed by atoms with Crippen molar-refractivity contribution in [1.82, 2.24) is 16.3 Å². The van der Waals surface area contributed by atoms with Crippen LogP contribution in [0.5, 0.6) is 0 Å². The first-order chi connectivity index (χ1) is 8.68. The summed E-state index contributed by atoms with van der Waals surface area (Å²) in [7, 11) is 0. The van der Waals surface area contributed by atoms with Crippen molar-refractivity contribution in [3.63, 3.8) is 0 Å². The third-order valence-corrected chi connectivity index (χ3v) is 3.48. The van der Waals surface area contributed by atoms with Gasteiger partial charge in [0.1, 0.15) is 6.04 Å². The van der Waals surface area contributed by atoms with E-state index in [2.05, 4.69) is 16.3 Å². The first-order valence-electron chi connectivity index (χ1n) is 6.06. The molecule has 1 amide bonds. The zero-order valence-corrected chi connectivity index (χ0v) is 10.4. The second kappa shape index (κ2) is 4.12. The zero-order valence-electron chi connectivity index (χ0n) is 10.4. The molecule has 18 heavy (non-hydrogen) atoms. The van der Waals surface area contributed by atoms with Crippen molar-refractivity contribution in [1.29, 1.82) is 0 Å². The third-order valence-electron chi connectivity index (χ3n) is 3.48. The number of para-hydroxylation sites is 1. The highest BCUT2D eigenvalue weighted by Gasteiger charge is 2.40. The van der Waals surface area contributed by atoms with Gasteiger partial charge in [-0.15, -0.1) is 0 Å². The van der Waals surface area contributed by atoms with E-state index < -0.39 is 0 Å². The average molecular weight is 244 g/mol. The molecule has 0 aliphatic carbocycles. The summed E-state index contributed by atoms with van der Waals surface area (Å²) in [5.41, 5.74) is 12.1. The third kappa shape index (κ3) is 1.60. The maximum absolute atomic E-state index is 11.8. The standard InChI is InChI=1S/C13H16N4O/c1-8-11-9(2)17(10-6-4-3-5-7-10)16-12(11)13(18)15-14-8/h3-8,12,14,16H,1-2H3,(H,15,18). The maximum Gasteiger partial charge on any atom is 0.257 e. The quantitative estimate of drug-likeness (QED) is 0.680. The van der Waals surface area contributed by atoms with Crippen molar-refractivity contribution in [2.24, 2.45) is 0 Å². The summed E-state index contributed by atoms with van der Waals surface area (Å²) in [5, 5.41) is 1.98. The van der Waals surface area contributed by atoms with Crippen LogP contribution >= 0.6 is 0 Å². The van der Waals surface area contributed by atoms with Gasteiger partial charge in [-0.05, 0) is 31.6 Å². The Morgan fingerprint density at radius 2 is 1.94 bits per heavy atom. The summed E-state index contributed by atoms with van der Waals surface area (Å²) in [5.74, 6) is -0.0409. The molecule has 2 aliphatic heterocycles. The Morgan fingerprint density at radius 1 is 1.22 bits per heavy atom. The highest BCUT2D eigenvalue weighted by atomic mass is 16.2. The number of carbonyl (C=O) groups excluding carboxylic acids is 1. The highest BCUT2D eigenvalue weighted by molar-refractivity contribution is 5.88. The summed E-state index contributed by atoms with van der Waals surface area (Å²) in [6.07, 6.45) is 0. The molecule has 0 aromatic heterocycles. The van der Waals surface area contributed by atoms with Gasteiger partial charge in [0, 0.05) is 11.7 Å². The number of benzene rings is 1. The number of carbonyl (C=O) groups is 1. The second-order valence-electron chi connectivity index (χ2n) is 4.63. The van der Waals surface area contributed by atoms with Crippen molar-refractivity contribution in [2.75, 3.05) is 5.01 Å². The Hall–Kier alpha value is -1.85. The fraction of sp³-hybridized carbons (Fsp3) is 0.308. The van der Waals surface area contributed by atoms with Gasteiger partial charge in [0.15, 0.2) is 0 Å². The molecule has 5 nitrogen and oxygen atoms in total. The average Bonchev–Trinajstić information content (AvgIpc) is 2.74. The molecule has 0 bridgehead atoms. The van der Waals surface area contributed by atoms with Crippen LogP contribution in [0, 0.1) is 0 Å². The lowest BCUT2D eigenvalue weighted by Gasteiger charge is -2.27. The molecule has 0 saturated carbocycles. The predicted octanol–water partition coefficient (Wildman–Crippen LogP) is 0.677. The minimum Gasteiger partial charge on any atom is -0.289 e. The molecule has 1 saturated heterocycles. The normalized spacial score (nSPS) is 27.2. The second-order valence-corrected chi connectivity index (χ2v) is 4.63. The molecule has 1 aromatic carbocycles. The molecule has 2 aliphatic rings. The Labute approximate surface area is 106 Å². The van der Waals surface area contributed by atoms with Crippen molar-refractivity contribution >= 4 is 11.6 Å². The molecule has 3 rings (SSSR count).